The second kappa shape index (κ2) is 9.28. The summed E-state index contributed by atoms with van der Waals surface area (Å²) in [6.45, 7) is 0.0265. The SMILES string of the molecule is COc1ccc(COc2cccnc2OC(=O)Oc2c(F)c(F)c(F)c(F)c2F)cc1. The number of carbonyl (C=O) groups is 1. The topological polar surface area (TPSA) is 66.9 Å². The molecule has 6 nitrogen and oxygen atoms in total. The maximum Gasteiger partial charge on any atom is 0.521 e. The van der Waals surface area contributed by atoms with Crippen LogP contribution in [0.15, 0.2) is 42.6 Å². The number of methoxy groups -OCH3 is 1. The van der Waals surface area contributed by atoms with E-state index in [2.05, 4.69) is 9.72 Å². The van der Waals surface area contributed by atoms with E-state index in [1.165, 1.54) is 25.4 Å². The van der Waals surface area contributed by atoms with Crippen LogP contribution in [0.2, 0.25) is 0 Å². The number of hydrogen-bond donors (Lipinski definition) is 0. The van der Waals surface area contributed by atoms with Crippen molar-refractivity contribution >= 4 is 6.16 Å². The fraction of sp³-hybridized carbons (Fsp3) is 0.100. The molecule has 0 aliphatic heterocycles. The van der Waals surface area contributed by atoms with Crippen LogP contribution in [-0.4, -0.2) is 18.2 Å². The molecule has 0 bridgehead atoms. The minimum Gasteiger partial charge on any atom is -0.497 e. The first-order chi connectivity index (χ1) is 14.8. The third-order valence-corrected chi connectivity index (χ3v) is 3.82. The van der Waals surface area contributed by atoms with Gasteiger partial charge in [-0.2, -0.15) is 8.78 Å². The number of nitrogens with zero attached hydrogens (tertiary/aromatic N) is 1. The number of hydrogen-bond acceptors (Lipinski definition) is 6. The van der Waals surface area contributed by atoms with Gasteiger partial charge in [-0.25, -0.2) is 22.9 Å². The second-order valence-corrected chi connectivity index (χ2v) is 5.80. The van der Waals surface area contributed by atoms with Crippen LogP contribution in [0.4, 0.5) is 26.7 Å². The fourth-order valence-electron chi connectivity index (χ4n) is 2.30. The highest BCUT2D eigenvalue weighted by atomic mass is 19.2. The minimum atomic E-state index is -2.39. The Balaban J connectivity index is 1.73. The molecular formula is C20H12F5NO5. The summed E-state index contributed by atoms with van der Waals surface area (Å²) in [5.41, 5.74) is 0.722. The van der Waals surface area contributed by atoms with Crippen molar-refractivity contribution in [1.82, 2.24) is 4.98 Å². The third kappa shape index (κ3) is 4.82. The molecule has 162 valence electrons. The Morgan fingerprint density at radius 3 is 2.10 bits per heavy atom. The molecule has 0 radical (unpaired) electrons. The maximum atomic E-state index is 13.6. The van der Waals surface area contributed by atoms with Crippen molar-refractivity contribution in [1.29, 1.82) is 0 Å². The molecule has 0 aliphatic carbocycles. The predicted octanol–water partition coefficient (Wildman–Crippen LogP) is 4.94. The maximum absolute atomic E-state index is 13.6. The smallest absolute Gasteiger partial charge is 0.497 e. The van der Waals surface area contributed by atoms with Crippen molar-refractivity contribution in [3.05, 3.63) is 77.2 Å². The molecule has 0 aliphatic rings. The molecule has 0 unspecified atom stereocenters. The van der Waals surface area contributed by atoms with Crippen molar-refractivity contribution in [3.63, 3.8) is 0 Å². The van der Waals surface area contributed by atoms with Crippen LogP contribution < -0.4 is 18.9 Å². The van der Waals surface area contributed by atoms with Gasteiger partial charge in [0, 0.05) is 6.20 Å². The monoisotopic (exact) mass is 441 g/mol. The zero-order valence-corrected chi connectivity index (χ0v) is 15.6. The standard InChI is InChI=1S/C20H12F5NO5/c1-28-11-6-4-10(5-7-11)9-29-12-3-2-8-26-19(12)31-20(27)30-18-16(24)14(22)13(21)15(23)17(18)25/h2-8H,9H2,1H3. The Bertz CT molecular complexity index is 1080. The van der Waals surface area contributed by atoms with E-state index in [0.717, 1.165) is 5.56 Å². The van der Waals surface area contributed by atoms with Crippen molar-refractivity contribution in [2.75, 3.05) is 7.11 Å². The van der Waals surface area contributed by atoms with Gasteiger partial charge < -0.3 is 18.9 Å². The van der Waals surface area contributed by atoms with Crippen LogP contribution in [0.5, 0.6) is 23.1 Å². The Labute approximate surface area is 171 Å². The first kappa shape index (κ1) is 21.8. The van der Waals surface area contributed by atoms with E-state index in [9.17, 15) is 26.7 Å². The van der Waals surface area contributed by atoms with E-state index in [4.69, 9.17) is 14.2 Å². The molecular weight excluding hydrogens is 429 g/mol. The number of halogens is 5. The molecule has 0 atom stereocenters. The molecule has 0 saturated carbocycles. The van der Waals surface area contributed by atoms with Gasteiger partial charge in [-0.3, -0.25) is 0 Å². The van der Waals surface area contributed by atoms with Gasteiger partial charge in [-0.1, -0.05) is 12.1 Å². The first-order valence-corrected chi connectivity index (χ1v) is 8.43. The summed E-state index contributed by atoms with van der Waals surface area (Å²) < 4.78 is 86.2. The van der Waals surface area contributed by atoms with Gasteiger partial charge in [0.2, 0.25) is 34.8 Å². The van der Waals surface area contributed by atoms with E-state index >= 15 is 0 Å². The van der Waals surface area contributed by atoms with E-state index in [1.54, 1.807) is 24.3 Å². The zero-order chi connectivity index (χ0) is 22.5. The largest absolute Gasteiger partial charge is 0.521 e. The molecule has 3 aromatic rings. The number of carbonyl (C=O) groups excluding carboxylic acids is 1. The molecule has 11 heteroatoms. The summed E-state index contributed by atoms with van der Waals surface area (Å²) >= 11 is 0. The molecule has 0 amide bonds. The predicted molar refractivity (Wildman–Crippen MR) is 94.4 cm³/mol. The van der Waals surface area contributed by atoms with Gasteiger partial charge in [-0.05, 0) is 29.8 Å². The lowest BCUT2D eigenvalue weighted by molar-refractivity contribution is 0.141. The summed E-state index contributed by atoms with van der Waals surface area (Å²) in [5, 5.41) is 0. The Hall–Kier alpha value is -3.89. The van der Waals surface area contributed by atoms with E-state index in [-0.39, 0.29) is 12.4 Å². The first-order valence-electron chi connectivity index (χ1n) is 8.43. The van der Waals surface area contributed by atoms with Crippen molar-refractivity contribution in [3.8, 4) is 23.1 Å². The number of aromatic nitrogens is 1. The fourth-order valence-corrected chi connectivity index (χ4v) is 2.30. The van der Waals surface area contributed by atoms with E-state index < -0.39 is 46.9 Å². The quantitative estimate of drug-likeness (QED) is 0.178. The van der Waals surface area contributed by atoms with Crippen molar-refractivity contribution < 1.29 is 45.7 Å². The molecule has 1 aromatic heterocycles. The highest BCUT2D eigenvalue weighted by Gasteiger charge is 2.29. The summed E-state index contributed by atoms with van der Waals surface area (Å²) in [4.78, 5) is 15.6. The Morgan fingerprint density at radius 1 is 0.871 bits per heavy atom. The lowest BCUT2D eigenvalue weighted by atomic mass is 10.2. The third-order valence-electron chi connectivity index (χ3n) is 3.82. The summed E-state index contributed by atoms with van der Waals surface area (Å²) in [6, 6.07) is 9.64. The molecule has 0 N–H and O–H groups in total. The van der Waals surface area contributed by atoms with Crippen molar-refractivity contribution in [2.24, 2.45) is 0 Å². The molecule has 0 saturated heterocycles. The molecule has 31 heavy (non-hydrogen) atoms. The number of benzene rings is 2. The molecule has 0 spiro atoms. The van der Waals surface area contributed by atoms with E-state index in [1.807, 2.05) is 0 Å². The van der Waals surface area contributed by atoms with Crippen LogP contribution in [0.3, 0.4) is 0 Å². The van der Waals surface area contributed by atoms with Gasteiger partial charge >= 0.3 is 6.16 Å². The number of rotatable bonds is 6. The van der Waals surface area contributed by atoms with Gasteiger partial charge in [-0.15, -0.1) is 0 Å². The van der Waals surface area contributed by atoms with Crippen LogP contribution >= 0.6 is 0 Å². The molecule has 0 fully saturated rings. The summed E-state index contributed by atoms with van der Waals surface area (Å²) in [5.74, 6) is -13.3. The highest BCUT2D eigenvalue weighted by molar-refractivity contribution is 5.67. The Morgan fingerprint density at radius 2 is 1.48 bits per heavy atom. The molecule has 2 aromatic carbocycles. The van der Waals surface area contributed by atoms with Crippen molar-refractivity contribution in [2.45, 2.75) is 6.61 Å². The van der Waals surface area contributed by atoms with Crippen LogP contribution in [0.25, 0.3) is 0 Å². The normalized spacial score (nSPS) is 10.5. The summed E-state index contributed by atoms with van der Waals surface area (Å²) in [7, 11) is 1.51. The van der Waals surface area contributed by atoms with Gasteiger partial charge in [0.25, 0.3) is 5.88 Å². The van der Waals surface area contributed by atoms with Gasteiger partial charge in [0.1, 0.15) is 12.4 Å². The van der Waals surface area contributed by atoms with Crippen LogP contribution in [0, 0.1) is 29.1 Å². The summed E-state index contributed by atoms with van der Waals surface area (Å²) in [6.07, 6.45) is -0.586. The average molecular weight is 441 g/mol. The number of ether oxygens (including phenoxy) is 4. The number of pyridine rings is 1. The van der Waals surface area contributed by atoms with Gasteiger partial charge in [0.05, 0.1) is 7.11 Å². The Kier molecular flexibility index (Phi) is 6.53. The second-order valence-electron chi connectivity index (χ2n) is 5.80. The van der Waals surface area contributed by atoms with Gasteiger partial charge in [0.15, 0.2) is 5.75 Å². The van der Waals surface area contributed by atoms with Crippen LogP contribution in [-0.2, 0) is 6.61 Å². The molecule has 1 heterocycles. The minimum absolute atomic E-state index is 0.0265. The molecule has 3 rings (SSSR count). The lowest BCUT2D eigenvalue weighted by Gasteiger charge is -2.12. The highest BCUT2D eigenvalue weighted by Crippen LogP contribution is 2.30. The zero-order valence-electron chi connectivity index (χ0n) is 15.6. The van der Waals surface area contributed by atoms with Crippen LogP contribution in [0.1, 0.15) is 5.56 Å². The average Bonchev–Trinajstić information content (AvgIpc) is 2.79. The lowest BCUT2D eigenvalue weighted by Crippen LogP contribution is -2.18. The van der Waals surface area contributed by atoms with E-state index in [0.29, 0.717) is 5.75 Å².